The lowest BCUT2D eigenvalue weighted by Crippen LogP contribution is -2.55. The van der Waals surface area contributed by atoms with Crippen molar-refractivity contribution in [2.45, 2.75) is 56.1 Å². The van der Waals surface area contributed by atoms with Gasteiger partial charge in [0.05, 0.1) is 18.1 Å². The van der Waals surface area contributed by atoms with Crippen molar-refractivity contribution in [1.29, 1.82) is 0 Å². The molecule has 4 heterocycles. The highest BCUT2D eigenvalue weighted by Gasteiger charge is 2.71. The highest BCUT2D eigenvalue weighted by atomic mass is 35.5. The van der Waals surface area contributed by atoms with Gasteiger partial charge in [0, 0.05) is 43.9 Å². The van der Waals surface area contributed by atoms with Crippen molar-refractivity contribution in [1.82, 2.24) is 9.80 Å². The van der Waals surface area contributed by atoms with E-state index in [1.54, 1.807) is 65.4 Å². The molecule has 0 aliphatic carbocycles. The van der Waals surface area contributed by atoms with E-state index in [1.807, 2.05) is 37.3 Å². The average molecular weight is 648 g/mol. The third-order valence-corrected chi connectivity index (χ3v) is 9.88. The van der Waals surface area contributed by atoms with Crippen LogP contribution in [0.3, 0.4) is 0 Å². The van der Waals surface area contributed by atoms with E-state index in [0.29, 0.717) is 22.7 Å². The van der Waals surface area contributed by atoms with Crippen LogP contribution in [0.5, 0.6) is 0 Å². The number of allylic oxidation sites excluding steroid dienone is 1. The first-order valence-electron chi connectivity index (χ1n) is 15.7. The Kier molecular flexibility index (Phi) is 9.05. The summed E-state index contributed by atoms with van der Waals surface area (Å²) in [5, 5.41) is 10.2. The van der Waals surface area contributed by atoms with Crippen LogP contribution in [0.15, 0.2) is 78.9 Å². The average Bonchev–Trinajstić information content (AvgIpc) is 3.44. The lowest BCUT2D eigenvalue weighted by Gasteiger charge is -2.35. The minimum atomic E-state index is -1.47. The molecule has 4 aliphatic rings. The zero-order valence-corrected chi connectivity index (χ0v) is 26.6. The fourth-order valence-electron chi connectivity index (χ4n) is 7.22. The summed E-state index contributed by atoms with van der Waals surface area (Å²) < 4.78 is 13.0. The molecule has 0 aromatic heterocycles. The number of amides is 3. The fourth-order valence-corrected chi connectivity index (χ4v) is 7.35. The monoisotopic (exact) mass is 647 g/mol. The second kappa shape index (κ2) is 13.0. The van der Waals surface area contributed by atoms with Crippen molar-refractivity contribution in [2.24, 2.45) is 11.8 Å². The van der Waals surface area contributed by atoms with Crippen LogP contribution in [0.2, 0.25) is 5.02 Å². The topological polar surface area (TPSA) is 117 Å². The molecule has 0 radical (unpaired) electrons. The van der Waals surface area contributed by atoms with E-state index in [4.69, 9.17) is 21.1 Å². The molecule has 46 heavy (non-hydrogen) atoms. The van der Waals surface area contributed by atoms with E-state index < -0.39 is 53.6 Å². The van der Waals surface area contributed by atoms with E-state index in [9.17, 15) is 24.3 Å². The Morgan fingerprint density at radius 2 is 1.74 bits per heavy atom. The molecular weight excluding hydrogens is 610 g/mol. The van der Waals surface area contributed by atoms with Gasteiger partial charge in [-0.1, -0.05) is 66.2 Å². The fraction of sp³-hybridized carbons (Fsp3) is 0.429. The summed E-state index contributed by atoms with van der Waals surface area (Å²) in [6, 6.07) is 14.5. The number of ether oxygens (including phenoxy) is 2. The Labute approximate surface area is 273 Å². The van der Waals surface area contributed by atoms with Gasteiger partial charge in [0.1, 0.15) is 23.7 Å². The summed E-state index contributed by atoms with van der Waals surface area (Å²) >= 11 is 6.12. The quantitative estimate of drug-likeness (QED) is 0.389. The van der Waals surface area contributed by atoms with Crippen LogP contribution in [-0.4, -0.2) is 89.1 Å². The van der Waals surface area contributed by atoms with Crippen molar-refractivity contribution < 1.29 is 33.8 Å². The second-order valence-corrected chi connectivity index (χ2v) is 12.7. The number of carbonyl (C=O) groups is 4. The molecule has 0 saturated carbocycles. The van der Waals surface area contributed by atoms with Crippen molar-refractivity contribution in [3.05, 3.63) is 89.5 Å². The van der Waals surface area contributed by atoms with Crippen molar-refractivity contribution in [3.63, 3.8) is 0 Å². The normalized spacial score (nSPS) is 32.2. The molecule has 4 aliphatic heterocycles. The molecule has 10 nitrogen and oxygen atoms in total. The summed E-state index contributed by atoms with van der Waals surface area (Å²) in [6.07, 6.45) is 6.26. The van der Waals surface area contributed by atoms with Crippen molar-refractivity contribution in [3.8, 4) is 0 Å². The molecule has 0 bridgehead atoms. The molecular formula is C35H38ClN3O7. The number of aliphatic hydroxyl groups excluding tert-OH is 1. The second-order valence-electron chi connectivity index (χ2n) is 12.3. The SMILES string of the molecule is C[C@H]1[C@H](c2ccccc2)OC(=O)[C@@H]2[C@H](/C=C\CCC(=O)N1C)O[C@@]13C=CCN(c4ccc(Cl)cc4)C(=O)[C@@H]1N(CCCO)C(=O)[C@@H]23. The zero-order valence-electron chi connectivity index (χ0n) is 25.8. The number of esters is 1. The molecule has 2 fully saturated rings. The molecule has 0 unspecified atom stereocenters. The smallest absolute Gasteiger partial charge is 0.313 e. The predicted molar refractivity (Wildman–Crippen MR) is 171 cm³/mol. The maximum absolute atomic E-state index is 14.5. The zero-order chi connectivity index (χ0) is 32.6. The van der Waals surface area contributed by atoms with Gasteiger partial charge in [-0.15, -0.1) is 0 Å². The first kappa shape index (κ1) is 32.0. The van der Waals surface area contributed by atoms with Gasteiger partial charge in [-0.05, 0) is 49.6 Å². The van der Waals surface area contributed by atoms with Gasteiger partial charge in [0.15, 0.2) is 0 Å². The standard InChI is InChI=1S/C35H38ClN3O7/c1-22-30(23-10-4-3-5-11-23)45-34(44)28-26(12-6-7-13-27(41)37(22)2)46-35-18-8-19-38(25-16-14-24(36)15-17-25)33(43)31(35)39(20-9-21-40)32(42)29(28)35/h3-6,8,10-12,14-18,22,26,28-31,40H,7,9,13,19-21H2,1-2H3/b12-6-/t22-,26-,28+,29+,30+,31-,35+/m0/s1. The Morgan fingerprint density at radius 3 is 2.46 bits per heavy atom. The van der Waals surface area contributed by atoms with E-state index >= 15 is 0 Å². The molecule has 3 amide bonds. The maximum Gasteiger partial charge on any atom is 0.313 e. The Morgan fingerprint density at radius 1 is 1.00 bits per heavy atom. The van der Waals surface area contributed by atoms with Crippen molar-refractivity contribution >= 4 is 41.0 Å². The number of benzene rings is 2. The van der Waals surface area contributed by atoms with Crippen LogP contribution < -0.4 is 4.90 Å². The van der Waals surface area contributed by atoms with Gasteiger partial charge in [-0.25, -0.2) is 0 Å². The molecule has 242 valence electrons. The highest BCUT2D eigenvalue weighted by molar-refractivity contribution is 6.30. The molecule has 1 N–H and O–H groups in total. The number of rotatable bonds is 5. The molecule has 2 saturated heterocycles. The first-order valence-corrected chi connectivity index (χ1v) is 16.1. The predicted octanol–water partition coefficient (Wildman–Crippen LogP) is 3.69. The van der Waals surface area contributed by atoms with Gasteiger partial charge < -0.3 is 29.3 Å². The number of likely N-dealkylation sites (N-methyl/N-ethyl adjacent to an activating group) is 1. The number of fused-ring (bicyclic) bond motifs is 2. The summed E-state index contributed by atoms with van der Waals surface area (Å²) in [6.45, 7) is 1.97. The van der Waals surface area contributed by atoms with Crippen LogP contribution in [0.1, 0.15) is 37.9 Å². The van der Waals surface area contributed by atoms with Gasteiger partial charge in [0.2, 0.25) is 11.8 Å². The summed E-state index contributed by atoms with van der Waals surface area (Å²) in [4.78, 5) is 61.0. The number of nitrogens with zero attached hydrogens (tertiary/aromatic N) is 3. The summed E-state index contributed by atoms with van der Waals surface area (Å²) in [5.74, 6) is -3.63. The third-order valence-electron chi connectivity index (χ3n) is 9.63. The number of hydrogen-bond donors (Lipinski definition) is 1. The number of aliphatic hydroxyl groups is 1. The molecule has 2 aromatic rings. The number of carbonyl (C=O) groups excluding carboxylic acids is 4. The summed E-state index contributed by atoms with van der Waals surface area (Å²) in [5.41, 5.74) is -0.153. The van der Waals surface area contributed by atoms with Gasteiger partial charge >= 0.3 is 5.97 Å². The Bertz CT molecular complexity index is 1550. The van der Waals surface area contributed by atoms with Gasteiger partial charge in [-0.2, -0.15) is 0 Å². The number of halogens is 1. The van der Waals surface area contributed by atoms with Crippen LogP contribution >= 0.6 is 11.6 Å². The molecule has 2 aromatic carbocycles. The molecule has 6 rings (SSSR count). The minimum absolute atomic E-state index is 0.0941. The lowest BCUT2D eigenvalue weighted by molar-refractivity contribution is -0.164. The first-order chi connectivity index (χ1) is 22.2. The van der Waals surface area contributed by atoms with Crippen LogP contribution in [-0.2, 0) is 28.7 Å². The number of hydrogen-bond acceptors (Lipinski definition) is 7. The number of cyclic esters (lactones) is 1. The Hall–Kier alpha value is -3.99. The van der Waals surface area contributed by atoms with E-state index in [0.717, 1.165) is 0 Å². The molecule has 11 heteroatoms. The Balaban J connectivity index is 1.44. The van der Waals surface area contributed by atoms with Crippen LogP contribution in [0, 0.1) is 11.8 Å². The molecule has 1 spiro atoms. The lowest BCUT2D eigenvalue weighted by atomic mass is 9.77. The van der Waals surface area contributed by atoms with E-state index in [2.05, 4.69) is 0 Å². The van der Waals surface area contributed by atoms with Crippen molar-refractivity contribution in [2.75, 3.05) is 31.6 Å². The van der Waals surface area contributed by atoms with Gasteiger partial charge in [-0.3, -0.25) is 19.2 Å². The largest absolute Gasteiger partial charge is 0.455 e. The van der Waals surface area contributed by atoms with Gasteiger partial charge in [0.25, 0.3) is 5.91 Å². The third kappa shape index (κ3) is 5.52. The minimum Gasteiger partial charge on any atom is -0.455 e. The number of likely N-dealkylation sites (tertiary alicyclic amines) is 1. The van der Waals surface area contributed by atoms with Crippen LogP contribution in [0.25, 0.3) is 0 Å². The summed E-state index contributed by atoms with van der Waals surface area (Å²) in [7, 11) is 1.70. The molecule has 7 atom stereocenters. The van der Waals surface area contributed by atoms with E-state index in [-0.39, 0.29) is 44.4 Å². The highest BCUT2D eigenvalue weighted by Crippen LogP contribution is 2.53. The maximum atomic E-state index is 14.5. The van der Waals surface area contributed by atoms with E-state index in [1.165, 1.54) is 4.90 Å². The van der Waals surface area contributed by atoms with Crippen LogP contribution in [0.4, 0.5) is 5.69 Å². The number of anilines is 1.